The first-order valence-electron chi connectivity index (χ1n) is 9.48. The molecule has 1 aliphatic heterocycles. The van der Waals surface area contributed by atoms with Crippen molar-refractivity contribution in [3.05, 3.63) is 34.9 Å². The maximum atomic E-state index is 11.5. The lowest BCUT2D eigenvalue weighted by atomic mass is 9.80. The predicted octanol–water partition coefficient (Wildman–Crippen LogP) is 3.06. The van der Waals surface area contributed by atoms with Gasteiger partial charge in [-0.1, -0.05) is 42.6 Å². The number of carbonyl (C=O) groups excluding carboxylic acids is 1. The fraction of sp³-hybridized carbons (Fsp3) is 0.600. The first kappa shape index (κ1) is 17.9. The molecule has 0 saturated heterocycles. The van der Waals surface area contributed by atoms with Crippen molar-refractivity contribution in [1.29, 1.82) is 0 Å². The first-order chi connectivity index (χ1) is 12.2. The van der Waals surface area contributed by atoms with Crippen molar-refractivity contribution in [3.63, 3.8) is 0 Å². The first-order valence-corrected chi connectivity index (χ1v) is 9.48. The smallest absolute Gasteiger partial charge is 0.266 e. The highest BCUT2D eigenvalue weighted by atomic mass is 16.4. The Bertz CT molecular complexity index is 623. The molecule has 2 aliphatic rings. The highest BCUT2D eigenvalue weighted by Crippen LogP contribution is 2.36. The Kier molecular flexibility index (Phi) is 6.08. The summed E-state index contributed by atoms with van der Waals surface area (Å²) >= 11 is 0. The minimum absolute atomic E-state index is 0.0221. The van der Waals surface area contributed by atoms with E-state index in [-0.39, 0.29) is 11.9 Å². The average molecular weight is 343 g/mol. The Morgan fingerprint density at radius 1 is 1.40 bits per heavy atom. The van der Waals surface area contributed by atoms with Gasteiger partial charge in [-0.05, 0) is 48.8 Å². The number of nitrogens with one attached hydrogen (secondary N) is 1. The quantitative estimate of drug-likeness (QED) is 0.491. The lowest BCUT2D eigenvalue weighted by molar-refractivity contribution is -0.115. The molecule has 0 aromatic heterocycles. The highest BCUT2D eigenvalue weighted by molar-refractivity contribution is 6.26. The standard InChI is InChI=1S/C20H29N3O2/c1-15(22-20(24)12-21-25)13-23-11-10-17-8-5-9-18(19(17)14-23)16-6-3-2-4-7-16/h5,8-9,12,15-16,25H,2-4,6-7,10-11,13-14H2,1H3,(H,22,24)/b21-12-/t15-/m0/s1. The largest absolute Gasteiger partial charge is 0.411 e. The van der Waals surface area contributed by atoms with Gasteiger partial charge in [-0.2, -0.15) is 0 Å². The van der Waals surface area contributed by atoms with Gasteiger partial charge < -0.3 is 10.5 Å². The van der Waals surface area contributed by atoms with E-state index in [1.807, 2.05) is 6.92 Å². The average Bonchev–Trinajstić information content (AvgIpc) is 2.62. The summed E-state index contributed by atoms with van der Waals surface area (Å²) in [5.74, 6) is 0.372. The zero-order valence-electron chi connectivity index (χ0n) is 15.1. The third-order valence-electron chi connectivity index (χ3n) is 5.53. The number of amides is 1. The molecular weight excluding hydrogens is 314 g/mol. The van der Waals surface area contributed by atoms with Crippen LogP contribution in [-0.4, -0.2) is 41.4 Å². The van der Waals surface area contributed by atoms with Crippen molar-refractivity contribution < 1.29 is 10.0 Å². The maximum Gasteiger partial charge on any atom is 0.266 e. The summed E-state index contributed by atoms with van der Waals surface area (Å²) in [7, 11) is 0. The second-order valence-electron chi connectivity index (χ2n) is 7.46. The van der Waals surface area contributed by atoms with Gasteiger partial charge in [0.25, 0.3) is 5.91 Å². The van der Waals surface area contributed by atoms with Crippen LogP contribution in [0.2, 0.25) is 0 Å². The van der Waals surface area contributed by atoms with Crippen molar-refractivity contribution in [2.75, 3.05) is 13.1 Å². The van der Waals surface area contributed by atoms with Crippen LogP contribution in [0.5, 0.6) is 0 Å². The van der Waals surface area contributed by atoms with E-state index in [1.165, 1.54) is 43.2 Å². The predicted molar refractivity (Wildman–Crippen MR) is 99.1 cm³/mol. The second kappa shape index (κ2) is 8.48. The minimum atomic E-state index is -0.352. The van der Waals surface area contributed by atoms with Gasteiger partial charge in [0.15, 0.2) is 0 Å². The SMILES string of the molecule is C[C@@H](CN1CCc2cccc(C3CCCCC3)c2C1)NC(=O)/C=N\O. The molecule has 136 valence electrons. The zero-order chi connectivity index (χ0) is 17.6. The van der Waals surface area contributed by atoms with Crippen molar-refractivity contribution in [1.82, 2.24) is 10.2 Å². The van der Waals surface area contributed by atoms with E-state index in [9.17, 15) is 4.79 Å². The summed E-state index contributed by atoms with van der Waals surface area (Å²) < 4.78 is 0. The number of nitrogens with zero attached hydrogens (tertiary/aromatic N) is 2. The van der Waals surface area contributed by atoms with E-state index in [0.717, 1.165) is 38.2 Å². The van der Waals surface area contributed by atoms with Gasteiger partial charge in [-0.3, -0.25) is 9.69 Å². The van der Waals surface area contributed by atoms with Crippen molar-refractivity contribution in [2.24, 2.45) is 5.16 Å². The van der Waals surface area contributed by atoms with Gasteiger partial charge in [0.1, 0.15) is 6.21 Å². The molecule has 1 fully saturated rings. The molecule has 25 heavy (non-hydrogen) atoms. The molecular formula is C20H29N3O2. The Hall–Kier alpha value is -1.88. The van der Waals surface area contributed by atoms with Crippen LogP contribution in [0.25, 0.3) is 0 Å². The molecule has 1 aromatic rings. The lowest BCUT2D eigenvalue weighted by Gasteiger charge is -2.34. The molecule has 1 heterocycles. The van der Waals surface area contributed by atoms with Gasteiger partial charge in [0.2, 0.25) is 0 Å². The van der Waals surface area contributed by atoms with Crippen LogP contribution in [-0.2, 0) is 17.8 Å². The number of rotatable bonds is 5. The molecule has 0 unspecified atom stereocenters. The Morgan fingerprint density at radius 3 is 2.96 bits per heavy atom. The number of benzene rings is 1. The Morgan fingerprint density at radius 2 is 2.20 bits per heavy atom. The topological polar surface area (TPSA) is 64.9 Å². The zero-order valence-corrected chi connectivity index (χ0v) is 15.1. The van der Waals surface area contributed by atoms with Crippen LogP contribution in [0.4, 0.5) is 0 Å². The number of hydrogen-bond acceptors (Lipinski definition) is 4. The summed E-state index contributed by atoms with van der Waals surface area (Å²) in [5.41, 5.74) is 4.59. The minimum Gasteiger partial charge on any atom is -0.411 e. The van der Waals surface area contributed by atoms with Crippen molar-refractivity contribution >= 4 is 12.1 Å². The van der Waals surface area contributed by atoms with Crippen LogP contribution < -0.4 is 5.32 Å². The fourth-order valence-electron chi connectivity index (χ4n) is 4.38. The molecule has 1 aromatic carbocycles. The van der Waals surface area contributed by atoms with E-state index < -0.39 is 0 Å². The lowest BCUT2D eigenvalue weighted by Crippen LogP contribution is -2.44. The van der Waals surface area contributed by atoms with Gasteiger partial charge in [0, 0.05) is 25.7 Å². The number of carbonyl (C=O) groups is 1. The van der Waals surface area contributed by atoms with Crippen LogP contribution in [0.15, 0.2) is 23.4 Å². The van der Waals surface area contributed by atoms with E-state index >= 15 is 0 Å². The second-order valence-corrected chi connectivity index (χ2v) is 7.46. The molecule has 3 rings (SSSR count). The summed E-state index contributed by atoms with van der Waals surface area (Å²) in [4.78, 5) is 13.9. The molecule has 0 spiro atoms. The third-order valence-corrected chi connectivity index (χ3v) is 5.53. The van der Waals surface area contributed by atoms with Gasteiger partial charge in [0.05, 0.1) is 0 Å². The number of fused-ring (bicyclic) bond motifs is 1. The summed E-state index contributed by atoms with van der Waals surface area (Å²) in [6.07, 6.45) is 8.72. The van der Waals surface area contributed by atoms with Crippen LogP contribution >= 0.6 is 0 Å². The molecule has 2 N–H and O–H groups in total. The third kappa shape index (κ3) is 4.60. The monoisotopic (exact) mass is 343 g/mol. The summed E-state index contributed by atoms with van der Waals surface area (Å²) in [6, 6.07) is 6.87. The van der Waals surface area contributed by atoms with E-state index in [1.54, 1.807) is 5.56 Å². The highest BCUT2D eigenvalue weighted by Gasteiger charge is 2.24. The number of hydrogen-bond donors (Lipinski definition) is 2. The molecule has 0 bridgehead atoms. The van der Waals surface area contributed by atoms with Crippen LogP contribution in [0.3, 0.4) is 0 Å². The molecule has 1 amide bonds. The fourth-order valence-corrected chi connectivity index (χ4v) is 4.38. The van der Waals surface area contributed by atoms with Gasteiger partial charge in [-0.25, -0.2) is 0 Å². The Balaban J connectivity index is 1.66. The summed E-state index contributed by atoms with van der Waals surface area (Å²) in [5, 5.41) is 14.1. The van der Waals surface area contributed by atoms with E-state index in [2.05, 4.69) is 33.6 Å². The van der Waals surface area contributed by atoms with Crippen LogP contribution in [0.1, 0.15) is 61.6 Å². The van der Waals surface area contributed by atoms with E-state index in [0.29, 0.717) is 0 Å². The van der Waals surface area contributed by atoms with Gasteiger partial charge >= 0.3 is 0 Å². The molecule has 0 radical (unpaired) electrons. The van der Waals surface area contributed by atoms with Crippen LogP contribution in [0, 0.1) is 0 Å². The Labute approximate surface area is 150 Å². The van der Waals surface area contributed by atoms with Crippen molar-refractivity contribution in [2.45, 2.75) is 64.0 Å². The normalized spacial score (nSPS) is 20.4. The molecule has 1 saturated carbocycles. The maximum absolute atomic E-state index is 11.5. The molecule has 5 nitrogen and oxygen atoms in total. The van der Waals surface area contributed by atoms with Crippen molar-refractivity contribution in [3.8, 4) is 0 Å². The molecule has 1 atom stereocenters. The van der Waals surface area contributed by atoms with Gasteiger partial charge in [-0.15, -0.1) is 0 Å². The molecule has 5 heteroatoms. The van der Waals surface area contributed by atoms with E-state index in [4.69, 9.17) is 5.21 Å². The number of oxime groups is 1. The summed E-state index contributed by atoms with van der Waals surface area (Å²) in [6.45, 7) is 4.79. The molecule has 1 aliphatic carbocycles.